The van der Waals surface area contributed by atoms with E-state index in [4.69, 9.17) is 36.9 Å². The van der Waals surface area contributed by atoms with E-state index in [1.807, 2.05) is 0 Å². The number of amides is 1. The molecule has 0 spiro atoms. The summed E-state index contributed by atoms with van der Waals surface area (Å²) in [5.41, 5.74) is 1.02. The van der Waals surface area contributed by atoms with Crippen molar-refractivity contribution in [2.75, 3.05) is 33.6 Å². The lowest BCUT2D eigenvalue weighted by atomic mass is 10.1. The van der Waals surface area contributed by atoms with E-state index in [-0.39, 0.29) is 29.0 Å². The molecular formula is C19H21Cl2NO6S. The molecule has 29 heavy (non-hydrogen) atoms. The molecule has 0 unspecified atom stereocenters. The van der Waals surface area contributed by atoms with E-state index >= 15 is 0 Å². The second-order valence-electron chi connectivity index (χ2n) is 6.12. The molecule has 0 atom stereocenters. The molecule has 2 aromatic rings. The van der Waals surface area contributed by atoms with Crippen LogP contribution in [0.3, 0.4) is 0 Å². The number of nitrogens with zero attached hydrogens (tertiary/aromatic N) is 1. The number of benzene rings is 2. The summed E-state index contributed by atoms with van der Waals surface area (Å²) < 4.78 is 38.3. The van der Waals surface area contributed by atoms with Gasteiger partial charge in [-0.05, 0) is 35.9 Å². The second-order valence-corrected chi connectivity index (χ2v) is 8.51. The predicted octanol–water partition coefficient (Wildman–Crippen LogP) is 3.63. The van der Waals surface area contributed by atoms with Crippen LogP contribution < -0.4 is 8.92 Å². The fraction of sp³-hybridized carbons (Fsp3) is 0.316. The monoisotopic (exact) mass is 461 g/mol. The van der Waals surface area contributed by atoms with Gasteiger partial charge in [-0.3, -0.25) is 4.79 Å². The van der Waals surface area contributed by atoms with Crippen LogP contribution in [-0.4, -0.2) is 52.9 Å². The van der Waals surface area contributed by atoms with Crippen molar-refractivity contribution in [3.63, 3.8) is 0 Å². The van der Waals surface area contributed by atoms with Gasteiger partial charge in [0, 0.05) is 25.8 Å². The maximum atomic E-state index is 13.0. The number of hydrogen-bond acceptors (Lipinski definition) is 6. The highest BCUT2D eigenvalue weighted by molar-refractivity contribution is 7.86. The Hall–Kier alpha value is -2.00. The third-order valence-electron chi connectivity index (χ3n) is 3.86. The zero-order valence-corrected chi connectivity index (χ0v) is 18.5. The molecule has 0 aliphatic rings. The Bertz CT molecular complexity index is 981. The van der Waals surface area contributed by atoms with Crippen LogP contribution >= 0.6 is 23.2 Å². The van der Waals surface area contributed by atoms with Gasteiger partial charge in [0.05, 0.1) is 30.0 Å². The molecule has 0 aliphatic heterocycles. The number of rotatable bonds is 9. The molecule has 0 heterocycles. The Morgan fingerprint density at radius 1 is 1.03 bits per heavy atom. The smallest absolute Gasteiger partial charge is 0.306 e. The van der Waals surface area contributed by atoms with Crippen molar-refractivity contribution in [3.05, 3.63) is 57.6 Å². The lowest BCUT2D eigenvalue weighted by Crippen LogP contribution is -2.33. The van der Waals surface area contributed by atoms with Crippen LogP contribution in [0.4, 0.5) is 0 Å². The molecule has 0 saturated heterocycles. The summed E-state index contributed by atoms with van der Waals surface area (Å²) in [6.45, 7) is 0.812. The lowest BCUT2D eigenvalue weighted by Gasteiger charge is -2.23. The number of carbonyl (C=O) groups excluding carboxylic acids is 1. The van der Waals surface area contributed by atoms with Crippen molar-refractivity contribution in [2.45, 2.75) is 6.54 Å². The van der Waals surface area contributed by atoms with E-state index in [9.17, 15) is 13.2 Å². The van der Waals surface area contributed by atoms with Crippen LogP contribution in [0.5, 0.6) is 11.5 Å². The number of carbonyl (C=O) groups is 1. The quantitative estimate of drug-likeness (QED) is 0.530. The van der Waals surface area contributed by atoms with Gasteiger partial charge in [0.15, 0.2) is 11.5 Å². The first-order valence-corrected chi connectivity index (χ1v) is 11.0. The van der Waals surface area contributed by atoms with Gasteiger partial charge in [-0.1, -0.05) is 29.3 Å². The SMILES string of the molecule is COCCN(Cc1ccc(OC)c(OS(C)(=O)=O)c1)C(=O)c1ccc(Cl)c(Cl)c1. The molecule has 0 saturated carbocycles. The summed E-state index contributed by atoms with van der Waals surface area (Å²) in [6.07, 6.45) is 0.942. The highest BCUT2D eigenvalue weighted by atomic mass is 35.5. The Labute approximate surface area is 180 Å². The molecule has 158 valence electrons. The number of ether oxygens (including phenoxy) is 2. The van der Waals surface area contributed by atoms with Gasteiger partial charge < -0.3 is 18.6 Å². The molecular weight excluding hydrogens is 441 g/mol. The Morgan fingerprint density at radius 3 is 2.34 bits per heavy atom. The molecule has 0 bridgehead atoms. The highest BCUT2D eigenvalue weighted by Crippen LogP contribution is 2.30. The van der Waals surface area contributed by atoms with Crippen LogP contribution in [0.1, 0.15) is 15.9 Å². The topological polar surface area (TPSA) is 82.1 Å². The van der Waals surface area contributed by atoms with Gasteiger partial charge in [0.2, 0.25) is 0 Å². The molecule has 0 fully saturated rings. The fourth-order valence-corrected chi connectivity index (χ4v) is 3.29. The zero-order valence-electron chi connectivity index (χ0n) is 16.1. The average Bonchev–Trinajstić information content (AvgIpc) is 2.65. The van der Waals surface area contributed by atoms with Gasteiger partial charge in [0.25, 0.3) is 5.91 Å². The minimum Gasteiger partial charge on any atom is -0.493 e. The molecule has 7 nitrogen and oxygen atoms in total. The van der Waals surface area contributed by atoms with Crippen molar-refractivity contribution in [1.29, 1.82) is 0 Å². The molecule has 0 aliphatic carbocycles. The average molecular weight is 462 g/mol. The Kier molecular flexibility index (Phi) is 8.15. The molecule has 10 heteroatoms. The maximum absolute atomic E-state index is 13.0. The largest absolute Gasteiger partial charge is 0.493 e. The molecule has 0 N–H and O–H groups in total. The van der Waals surface area contributed by atoms with Crippen LogP contribution in [0.2, 0.25) is 10.0 Å². The number of hydrogen-bond donors (Lipinski definition) is 0. The van der Waals surface area contributed by atoms with E-state index < -0.39 is 10.1 Å². The summed E-state index contributed by atoms with van der Waals surface area (Å²) >= 11 is 12.0. The van der Waals surface area contributed by atoms with Crippen LogP contribution in [-0.2, 0) is 21.4 Å². The van der Waals surface area contributed by atoms with E-state index in [1.54, 1.807) is 29.2 Å². The fourth-order valence-electron chi connectivity index (χ4n) is 2.53. The maximum Gasteiger partial charge on any atom is 0.306 e. The first-order valence-electron chi connectivity index (χ1n) is 8.44. The van der Waals surface area contributed by atoms with Crippen LogP contribution in [0.15, 0.2) is 36.4 Å². The highest BCUT2D eigenvalue weighted by Gasteiger charge is 2.19. The molecule has 2 aromatic carbocycles. The van der Waals surface area contributed by atoms with Gasteiger partial charge in [-0.2, -0.15) is 8.42 Å². The van der Waals surface area contributed by atoms with Crippen LogP contribution in [0, 0.1) is 0 Å². The molecule has 2 rings (SSSR count). The number of methoxy groups -OCH3 is 2. The Balaban J connectivity index is 2.32. The van der Waals surface area contributed by atoms with Crippen molar-refractivity contribution >= 4 is 39.2 Å². The van der Waals surface area contributed by atoms with Crippen LogP contribution in [0.25, 0.3) is 0 Å². The van der Waals surface area contributed by atoms with E-state index in [0.29, 0.717) is 29.3 Å². The first kappa shape index (κ1) is 23.3. The normalized spacial score (nSPS) is 11.2. The van der Waals surface area contributed by atoms with E-state index in [0.717, 1.165) is 6.26 Å². The molecule has 1 amide bonds. The minimum atomic E-state index is -3.75. The minimum absolute atomic E-state index is 0.0428. The Morgan fingerprint density at radius 2 is 1.76 bits per heavy atom. The van der Waals surface area contributed by atoms with Crippen molar-refractivity contribution in [3.8, 4) is 11.5 Å². The van der Waals surface area contributed by atoms with E-state index in [1.165, 1.54) is 26.4 Å². The lowest BCUT2D eigenvalue weighted by molar-refractivity contribution is 0.0680. The molecule has 0 aromatic heterocycles. The summed E-state index contributed by atoms with van der Waals surface area (Å²) in [7, 11) is -0.804. The first-order chi connectivity index (χ1) is 13.6. The van der Waals surface area contributed by atoms with Gasteiger partial charge in [-0.15, -0.1) is 0 Å². The van der Waals surface area contributed by atoms with Crippen molar-refractivity contribution in [2.24, 2.45) is 0 Å². The summed E-state index contributed by atoms with van der Waals surface area (Å²) in [6, 6.07) is 9.45. The van der Waals surface area contributed by atoms with Crippen molar-refractivity contribution in [1.82, 2.24) is 4.90 Å². The van der Waals surface area contributed by atoms with E-state index in [2.05, 4.69) is 0 Å². The molecule has 0 radical (unpaired) electrons. The third-order valence-corrected chi connectivity index (χ3v) is 5.08. The number of halogens is 2. The predicted molar refractivity (Wildman–Crippen MR) is 112 cm³/mol. The summed E-state index contributed by atoms with van der Waals surface area (Å²) in [4.78, 5) is 14.5. The van der Waals surface area contributed by atoms with Gasteiger partial charge in [0.1, 0.15) is 0 Å². The second kappa shape index (κ2) is 10.2. The third kappa shape index (κ3) is 6.78. The van der Waals surface area contributed by atoms with Gasteiger partial charge in [-0.25, -0.2) is 0 Å². The summed E-state index contributed by atoms with van der Waals surface area (Å²) in [5.74, 6) is 0.0293. The summed E-state index contributed by atoms with van der Waals surface area (Å²) in [5, 5.41) is 0.627. The standard InChI is InChI=1S/C19H21Cl2NO6S/c1-26-9-8-22(19(23)14-5-6-15(20)16(21)11-14)12-13-4-7-17(27-2)18(10-13)28-29(3,24)25/h4-7,10-11H,8-9,12H2,1-3H3. The van der Waals surface area contributed by atoms with Gasteiger partial charge >= 0.3 is 10.1 Å². The zero-order chi connectivity index (χ0) is 21.6. The van der Waals surface area contributed by atoms with Crippen molar-refractivity contribution < 1.29 is 26.9 Å².